The van der Waals surface area contributed by atoms with Crippen LogP contribution in [0.4, 0.5) is 0 Å². The Balaban J connectivity index is 4.33. The van der Waals surface area contributed by atoms with E-state index in [0.29, 0.717) is 19.3 Å². The first kappa shape index (κ1) is 74.5. The van der Waals surface area contributed by atoms with Gasteiger partial charge >= 0.3 is 17.9 Å². The Labute approximate surface area is 487 Å². The van der Waals surface area contributed by atoms with Gasteiger partial charge in [0.2, 0.25) is 0 Å². The number of hydrogen-bond acceptors (Lipinski definition) is 6. The molecule has 6 heteroatoms. The number of rotatable bonds is 58. The molecule has 0 fully saturated rings. The molecule has 79 heavy (non-hydrogen) atoms. The average Bonchev–Trinajstić information content (AvgIpc) is 3.45. The van der Waals surface area contributed by atoms with Crippen molar-refractivity contribution in [1.82, 2.24) is 0 Å². The average molecular weight is 1090 g/mol. The lowest BCUT2D eigenvalue weighted by Crippen LogP contribution is -2.30. The van der Waals surface area contributed by atoms with Crippen LogP contribution in [0.25, 0.3) is 0 Å². The van der Waals surface area contributed by atoms with Crippen molar-refractivity contribution in [1.29, 1.82) is 0 Å². The maximum Gasteiger partial charge on any atom is 0.306 e. The van der Waals surface area contributed by atoms with Crippen molar-refractivity contribution in [2.24, 2.45) is 0 Å². The molecule has 0 bridgehead atoms. The molecular weight excluding hydrogens is 973 g/mol. The van der Waals surface area contributed by atoms with Crippen LogP contribution in [-0.4, -0.2) is 37.2 Å². The molecule has 1 unspecified atom stereocenters. The molecule has 0 aliphatic heterocycles. The van der Waals surface area contributed by atoms with E-state index < -0.39 is 6.10 Å². The fourth-order valence-electron chi connectivity index (χ4n) is 8.83. The van der Waals surface area contributed by atoms with E-state index in [1.54, 1.807) is 0 Å². The lowest BCUT2D eigenvalue weighted by atomic mass is 10.0. The van der Waals surface area contributed by atoms with Crippen LogP contribution in [0.2, 0.25) is 0 Å². The van der Waals surface area contributed by atoms with Crippen LogP contribution in [-0.2, 0) is 28.6 Å². The van der Waals surface area contributed by atoms with Crippen LogP contribution in [0.5, 0.6) is 0 Å². The van der Waals surface area contributed by atoms with Crippen LogP contribution < -0.4 is 0 Å². The van der Waals surface area contributed by atoms with Crippen molar-refractivity contribution < 1.29 is 28.6 Å². The highest BCUT2D eigenvalue weighted by molar-refractivity contribution is 5.71. The summed E-state index contributed by atoms with van der Waals surface area (Å²) in [6, 6.07) is 0. The molecular formula is C73H120O6. The molecule has 448 valence electrons. The van der Waals surface area contributed by atoms with Gasteiger partial charge in [-0.3, -0.25) is 14.4 Å². The van der Waals surface area contributed by atoms with Crippen molar-refractivity contribution in [3.05, 3.63) is 134 Å². The van der Waals surface area contributed by atoms with Gasteiger partial charge in [-0.1, -0.05) is 289 Å². The van der Waals surface area contributed by atoms with Crippen LogP contribution >= 0.6 is 0 Å². The molecule has 0 saturated heterocycles. The number of hydrogen-bond donors (Lipinski definition) is 0. The summed E-state index contributed by atoms with van der Waals surface area (Å²) in [5.74, 6) is -0.941. The monoisotopic (exact) mass is 1090 g/mol. The Morgan fingerprint density at radius 3 is 0.797 bits per heavy atom. The molecule has 6 nitrogen and oxygen atoms in total. The molecule has 0 heterocycles. The Morgan fingerprint density at radius 2 is 0.494 bits per heavy atom. The van der Waals surface area contributed by atoms with Crippen LogP contribution in [0, 0.1) is 0 Å². The maximum absolute atomic E-state index is 12.9. The molecule has 0 aromatic heterocycles. The number of ether oxygens (including phenoxy) is 3. The third-order valence-corrected chi connectivity index (χ3v) is 13.7. The summed E-state index contributed by atoms with van der Waals surface area (Å²) in [6.07, 6.45) is 93.2. The SMILES string of the molecule is CC/C=C\C/C=C\C/C=C\C/C=C\C/C=C\C/C=C\C/C=C\CCCCCCCCCCCC(=O)OCC(COC(=O)CCCCCCCCCCCCCCCCC)OC(=O)CCCC/C=C\C/C=C\C/C=C\C/C=C\CC. The van der Waals surface area contributed by atoms with E-state index in [-0.39, 0.29) is 37.5 Å². The molecule has 0 N–H and O–H groups in total. The number of carbonyl (C=O) groups excluding carboxylic acids is 3. The summed E-state index contributed by atoms with van der Waals surface area (Å²) < 4.78 is 16.9. The minimum absolute atomic E-state index is 0.0969. The zero-order valence-electron chi connectivity index (χ0n) is 51.3. The van der Waals surface area contributed by atoms with Gasteiger partial charge in [-0.25, -0.2) is 0 Å². The molecule has 0 aliphatic carbocycles. The zero-order valence-corrected chi connectivity index (χ0v) is 51.3. The fraction of sp³-hybridized carbons (Fsp3) is 0.658. The predicted molar refractivity (Wildman–Crippen MR) is 343 cm³/mol. The largest absolute Gasteiger partial charge is 0.462 e. The smallest absolute Gasteiger partial charge is 0.306 e. The highest BCUT2D eigenvalue weighted by Gasteiger charge is 2.19. The van der Waals surface area contributed by atoms with E-state index in [9.17, 15) is 14.4 Å². The Bertz CT molecular complexity index is 1680. The molecule has 0 amide bonds. The Hall–Kier alpha value is -4.45. The quantitative estimate of drug-likeness (QED) is 0.0261. The molecule has 0 aromatic rings. The number of unbranched alkanes of at least 4 members (excludes halogenated alkanes) is 25. The minimum atomic E-state index is -0.805. The van der Waals surface area contributed by atoms with Crippen LogP contribution in [0.15, 0.2) is 134 Å². The van der Waals surface area contributed by atoms with E-state index in [1.807, 2.05) is 0 Å². The van der Waals surface area contributed by atoms with Crippen molar-refractivity contribution in [3.8, 4) is 0 Å². The second-order valence-corrected chi connectivity index (χ2v) is 21.3. The number of carbonyl (C=O) groups is 3. The molecule has 0 radical (unpaired) electrons. The highest BCUT2D eigenvalue weighted by atomic mass is 16.6. The first-order chi connectivity index (χ1) is 39.0. The lowest BCUT2D eigenvalue weighted by Gasteiger charge is -2.18. The molecule has 0 rings (SSSR count). The van der Waals surface area contributed by atoms with E-state index in [2.05, 4.69) is 154 Å². The van der Waals surface area contributed by atoms with Gasteiger partial charge in [0, 0.05) is 19.3 Å². The van der Waals surface area contributed by atoms with Gasteiger partial charge in [0.05, 0.1) is 0 Å². The van der Waals surface area contributed by atoms with Gasteiger partial charge < -0.3 is 14.2 Å². The topological polar surface area (TPSA) is 78.9 Å². The third kappa shape index (κ3) is 64.3. The Morgan fingerprint density at radius 1 is 0.266 bits per heavy atom. The zero-order chi connectivity index (χ0) is 57.1. The first-order valence-corrected chi connectivity index (χ1v) is 32.7. The van der Waals surface area contributed by atoms with Crippen LogP contribution in [0.3, 0.4) is 0 Å². The predicted octanol–water partition coefficient (Wildman–Crippen LogP) is 22.5. The maximum atomic E-state index is 12.9. The molecule has 1 atom stereocenters. The Kier molecular flexibility index (Phi) is 62.3. The summed E-state index contributed by atoms with van der Waals surface area (Å²) in [7, 11) is 0. The first-order valence-electron chi connectivity index (χ1n) is 32.7. The fourth-order valence-corrected chi connectivity index (χ4v) is 8.83. The van der Waals surface area contributed by atoms with Crippen molar-refractivity contribution in [2.45, 2.75) is 297 Å². The molecule has 0 saturated carbocycles. The standard InChI is InChI=1S/C73H120O6/c1-4-7-10-13-16-19-22-25-28-29-30-31-32-33-34-35-36-37-38-39-40-41-42-43-46-48-51-54-57-60-63-66-72(75)78-69-70(79-73(76)67-64-61-58-55-52-49-45-27-24-21-18-15-12-9-6-3)68-77-71(74)65-62-59-56-53-50-47-44-26-23-20-17-14-11-8-5-2/h7,9-10,12,16,18-19,21,25,27-28,30-31,33-34,36-37,39-40,45,52,55,70H,4-6,8,11,13-15,17,20,22-24,26,29,32,35,38,41-44,46-51,53-54,56-69H2,1-3H3/b10-7-,12-9-,19-16-,21-18-,28-25-,31-30-,34-33-,37-36-,40-39-,45-27-,55-52-. The van der Waals surface area contributed by atoms with E-state index in [1.165, 1.54) is 116 Å². The van der Waals surface area contributed by atoms with E-state index >= 15 is 0 Å². The second-order valence-electron chi connectivity index (χ2n) is 21.3. The summed E-state index contributed by atoms with van der Waals surface area (Å²) in [5.41, 5.74) is 0. The van der Waals surface area contributed by atoms with Gasteiger partial charge in [0.25, 0.3) is 0 Å². The minimum Gasteiger partial charge on any atom is -0.462 e. The van der Waals surface area contributed by atoms with Gasteiger partial charge in [0.1, 0.15) is 13.2 Å². The van der Waals surface area contributed by atoms with Crippen molar-refractivity contribution >= 4 is 17.9 Å². The third-order valence-electron chi connectivity index (χ3n) is 13.7. The van der Waals surface area contributed by atoms with Gasteiger partial charge in [-0.2, -0.15) is 0 Å². The summed E-state index contributed by atoms with van der Waals surface area (Å²) in [5, 5.41) is 0. The van der Waals surface area contributed by atoms with E-state index in [0.717, 1.165) is 128 Å². The lowest BCUT2D eigenvalue weighted by molar-refractivity contribution is -0.167. The van der Waals surface area contributed by atoms with Gasteiger partial charge in [-0.05, 0) is 116 Å². The number of esters is 3. The highest BCUT2D eigenvalue weighted by Crippen LogP contribution is 2.16. The summed E-state index contributed by atoms with van der Waals surface area (Å²) >= 11 is 0. The van der Waals surface area contributed by atoms with E-state index in [4.69, 9.17) is 14.2 Å². The summed E-state index contributed by atoms with van der Waals surface area (Å²) in [6.45, 7) is 6.39. The molecule has 0 aliphatic rings. The van der Waals surface area contributed by atoms with Crippen molar-refractivity contribution in [3.63, 3.8) is 0 Å². The van der Waals surface area contributed by atoms with Gasteiger partial charge in [-0.15, -0.1) is 0 Å². The molecule has 0 spiro atoms. The van der Waals surface area contributed by atoms with Crippen LogP contribution in [0.1, 0.15) is 290 Å². The number of allylic oxidation sites excluding steroid dienone is 22. The second kappa shape index (κ2) is 66.1. The van der Waals surface area contributed by atoms with Gasteiger partial charge in [0.15, 0.2) is 6.10 Å². The normalized spacial score (nSPS) is 13.0. The molecule has 0 aromatic carbocycles. The van der Waals surface area contributed by atoms with Crippen molar-refractivity contribution in [2.75, 3.05) is 13.2 Å². The summed E-state index contributed by atoms with van der Waals surface area (Å²) in [4.78, 5) is 38.3.